The van der Waals surface area contributed by atoms with E-state index in [1.165, 1.54) is 11.3 Å². The largest absolute Gasteiger partial charge is 0.373 e. The van der Waals surface area contributed by atoms with Crippen molar-refractivity contribution in [1.82, 2.24) is 4.98 Å². The smallest absolute Gasteiger partial charge is 0.293 e. The Bertz CT molecular complexity index is 796. The predicted molar refractivity (Wildman–Crippen MR) is 87.4 cm³/mol. The van der Waals surface area contributed by atoms with E-state index < -0.39 is 0 Å². The second-order valence-electron chi connectivity index (χ2n) is 4.75. The van der Waals surface area contributed by atoms with Crippen molar-refractivity contribution < 1.29 is 4.92 Å². The molecule has 2 heterocycles. The Hall–Kier alpha value is -1.99. The molecule has 0 amide bonds. The molecule has 0 saturated carbocycles. The van der Waals surface area contributed by atoms with Crippen LogP contribution in [0, 0.1) is 17.0 Å². The van der Waals surface area contributed by atoms with Crippen LogP contribution in [0.1, 0.15) is 23.5 Å². The van der Waals surface area contributed by atoms with Crippen molar-refractivity contribution in [3.05, 3.63) is 49.6 Å². The second kappa shape index (κ2) is 5.42. The zero-order chi connectivity index (χ0) is 15.0. The molecule has 0 bridgehead atoms. The maximum absolute atomic E-state index is 11.3. The van der Waals surface area contributed by atoms with E-state index in [-0.39, 0.29) is 16.7 Å². The van der Waals surface area contributed by atoms with E-state index in [0.29, 0.717) is 5.69 Å². The molecule has 0 spiro atoms. The summed E-state index contributed by atoms with van der Waals surface area (Å²) in [5, 5.41) is 19.5. The molecule has 3 rings (SSSR count). The third-order valence-corrected chi connectivity index (χ3v) is 4.86. The Morgan fingerprint density at radius 2 is 2.24 bits per heavy atom. The van der Waals surface area contributed by atoms with Crippen LogP contribution in [-0.2, 0) is 0 Å². The van der Waals surface area contributed by atoms with E-state index in [9.17, 15) is 10.1 Å². The number of nitrogens with zero attached hydrogens (tertiary/aromatic N) is 2. The van der Waals surface area contributed by atoms with E-state index >= 15 is 0 Å². The fourth-order valence-corrected chi connectivity index (χ4v) is 3.78. The summed E-state index contributed by atoms with van der Waals surface area (Å²) < 4.78 is 0.841. The van der Waals surface area contributed by atoms with Crippen LogP contribution in [0.25, 0.3) is 10.2 Å². The molecule has 2 aromatic heterocycles. The van der Waals surface area contributed by atoms with Crippen LogP contribution >= 0.6 is 22.7 Å². The lowest BCUT2D eigenvalue weighted by Crippen LogP contribution is -2.07. The first-order valence-electron chi connectivity index (χ1n) is 6.39. The highest BCUT2D eigenvalue weighted by molar-refractivity contribution is 7.18. The molecule has 0 aliphatic carbocycles. The summed E-state index contributed by atoms with van der Waals surface area (Å²) in [6, 6.07) is 5.38. The van der Waals surface area contributed by atoms with Gasteiger partial charge in [0.15, 0.2) is 0 Å². The number of nitro benzene ring substituents is 1. The lowest BCUT2D eigenvalue weighted by Gasteiger charge is -2.14. The summed E-state index contributed by atoms with van der Waals surface area (Å²) in [6.07, 6.45) is 0. The summed E-state index contributed by atoms with van der Waals surface area (Å²) >= 11 is 3.08. The Morgan fingerprint density at radius 3 is 2.90 bits per heavy atom. The number of rotatable bonds is 4. The van der Waals surface area contributed by atoms with Gasteiger partial charge in [0.25, 0.3) is 5.69 Å². The summed E-state index contributed by atoms with van der Waals surface area (Å²) in [7, 11) is 0. The van der Waals surface area contributed by atoms with Gasteiger partial charge in [0.2, 0.25) is 0 Å². The van der Waals surface area contributed by atoms with Gasteiger partial charge in [-0.15, -0.1) is 11.3 Å². The molecule has 1 unspecified atom stereocenters. The number of thiophene rings is 1. The van der Waals surface area contributed by atoms with Crippen molar-refractivity contribution in [2.24, 2.45) is 0 Å². The first-order chi connectivity index (χ1) is 10.0. The Labute approximate surface area is 129 Å². The van der Waals surface area contributed by atoms with E-state index in [4.69, 9.17) is 0 Å². The molecule has 0 aliphatic rings. The fraction of sp³-hybridized carbons (Fsp3) is 0.214. The maximum Gasteiger partial charge on any atom is 0.293 e. The number of anilines is 1. The normalized spacial score (nSPS) is 12.5. The molecule has 0 radical (unpaired) electrons. The maximum atomic E-state index is 11.3. The van der Waals surface area contributed by atoms with Gasteiger partial charge >= 0.3 is 0 Å². The molecule has 0 fully saturated rings. The number of hydrogen-bond donors (Lipinski definition) is 1. The number of nitrogens with one attached hydrogen (secondary N) is 1. The van der Waals surface area contributed by atoms with Gasteiger partial charge in [-0.25, -0.2) is 4.98 Å². The standard InChI is InChI=1S/C14H13N3O2S2/c1-8(10-3-4-20-7-10)15-11-5-12-14(21-9(2)16-12)6-13(11)17(18)19/h3-8,15H,1-2H3. The van der Waals surface area contributed by atoms with Crippen molar-refractivity contribution in [2.45, 2.75) is 19.9 Å². The van der Waals surface area contributed by atoms with Crippen molar-refractivity contribution in [3.8, 4) is 0 Å². The molecule has 1 N–H and O–H groups in total. The fourth-order valence-electron chi connectivity index (χ4n) is 2.18. The third-order valence-electron chi connectivity index (χ3n) is 3.22. The SMILES string of the molecule is Cc1nc2cc(NC(C)c3ccsc3)c([N+](=O)[O-])cc2s1. The average molecular weight is 319 g/mol. The summed E-state index contributed by atoms with van der Waals surface area (Å²) in [6.45, 7) is 3.89. The van der Waals surface area contributed by atoms with Gasteiger partial charge in [0.1, 0.15) is 5.69 Å². The highest BCUT2D eigenvalue weighted by atomic mass is 32.1. The molecule has 1 aromatic carbocycles. The Morgan fingerprint density at radius 1 is 1.43 bits per heavy atom. The van der Waals surface area contributed by atoms with Gasteiger partial charge in [0.05, 0.1) is 20.1 Å². The van der Waals surface area contributed by atoms with Crippen molar-refractivity contribution in [2.75, 3.05) is 5.32 Å². The molecule has 3 aromatic rings. The van der Waals surface area contributed by atoms with Gasteiger partial charge in [-0.2, -0.15) is 11.3 Å². The number of aromatic nitrogens is 1. The minimum Gasteiger partial charge on any atom is -0.373 e. The first kappa shape index (κ1) is 14.0. The van der Waals surface area contributed by atoms with Crippen LogP contribution in [0.5, 0.6) is 0 Å². The van der Waals surface area contributed by atoms with Crippen molar-refractivity contribution >= 4 is 44.3 Å². The summed E-state index contributed by atoms with van der Waals surface area (Å²) in [5.41, 5.74) is 2.51. The lowest BCUT2D eigenvalue weighted by molar-refractivity contribution is -0.383. The Kier molecular flexibility index (Phi) is 3.60. The van der Waals surface area contributed by atoms with Gasteiger partial charge in [-0.05, 0) is 42.3 Å². The van der Waals surface area contributed by atoms with Crippen LogP contribution in [0.15, 0.2) is 29.0 Å². The summed E-state index contributed by atoms with van der Waals surface area (Å²) in [5.74, 6) is 0. The molecule has 0 aliphatic heterocycles. The zero-order valence-electron chi connectivity index (χ0n) is 11.5. The first-order valence-corrected chi connectivity index (χ1v) is 8.15. The zero-order valence-corrected chi connectivity index (χ0v) is 13.1. The lowest BCUT2D eigenvalue weighted by atomic mass is 10.1. The van der Waals surface area contributed by atoms with E-state index in [0.717, 1.165) is 20.8 Å². The number of hydrogen-bond acceptors (Lipinski definition) is 6. The third kappa shape index (κ3) is 2.74. The topological polar surface area (TPSA) is 68.1 Å². The average Bonchev–Trinajstić information content (AvgIpc) is 3.05. The van der Waals surface area contributed by atoms with Crippen LogP contribution < -0.4 is 5.32 Å². The monoisotopic (exact) mass is 319 g/mol. The number of aryl methyl sites for hydroxylation is 1. The Balaban J connectivity index is 2.03. The van der Waals surface area contributed by atoms with Crippen LogP contribution in [0.2, 0.25) is 0 Å². The quantitative estimate of drug-likeness (QED) is 0.556. The number of fused-ring (bicyclic) bond motifs is 1. The van der Waals surface area contributed by atoms with E-state index in [1.54, 1.807) is 23.5 Å². The van der Waals surface area contributed by atoms with Gasteiger partial charge in [0, 0.05) is 12.1 Å². The number of thiazole rings is 1. The van der Waals surface area contributed by atoms with Crippen LogP contribution in [-0.4, -0.2) is 9.91 Å². The molecule has 108 valence electrons. The second-order valence-corrected chi connectivity index (χ2v) is 6.76. The van der Waals surface area contributed by atoms with Crippen LogP contribution in [0.4, 0.5) is 11.4 Å². The van der Waals surface area contributed by atoms with Gasteiger partial charge < -0.3 is 5.32 Å². The number of benzene rings is 1. The van der Waals surface area contributed by atoms with E-state index in [2.05, 4.69) is 10.3 Å². The van der Waals surface area contributed by atoms with Crippen molar-refractivity contribution in [1.29, 1.82) is 0 Å². The van der Waals surface area contributed by atoms with Crippen molar-refractivity contribution in [3.63, 3.8) is 0 Å². The number of nitro groups is 1. The van der Waals surface area contributed by atoms with Crippen LogP contribution in [0.3, 0.4) is 0 Å². The van der Waals surface area contributed by atoms with Gasteiger partial charge in [-0.3, -0.25) is 10.1 Å². The molecule has 5 nitrogen and oxygen atoms in total. The van der Waals surface area contributed by atoms with E-state index in [1.807, 2.05) is 30.7 Å². The molecular weight excluding hydrogens is 306 g/mol. The predicted octanol–water partition coefficient (Wildman–Crippen LogP) is 4.75. The highest BCUT2D eigenvalue weighted by Gasteiger charge is 2.19. The highest BCUT2D eigenvalue weighted by Crippen LogP contribution is 2.35. The molecular formula is C14H13N3O2S2. The minimum absolute atomic E-state index is 0.00660. The molecule has 0 saturated heterocycles. The summed E-state index contributed by atoms with van der Waals surface area (Å²) in [4.78, 5) is 15.3. The van der Waals surface area contributed by atoms with Gasteiger partial charge in [-0.1, -0.05) is 0 Å². The molecule has 7 heteroatoms. The molecule has 1 atom stereocenters. The molecule has 21 heavy (non-hydrogen) atoms. The minimum atomic E-state index is -0.350.